The second kappa shape index (κ2) is 4.04. The minimum Gasteiger partial charge on any atom is -0.448 e. The van der Waals surface area contributed by atoms with Gasteiger partial charge in [-0.2, -0.15) is 12.6 Å². The number of hydrogen-bond donors (Lipinski definition) is 1. The molecular formula is C9H12N2O2S. The van der Waals surface area contributed by atoms with Crippen LogP contribution in [0.15, 0.2) is 17.0 Å². The van der Waals surface area contributed by atoms with Crippen molar-refractivity contribution in [2.24, 2.45) is 0 Å². The first kappa shape index (κ1) is 9.58. The molecule has 1 amide bonds. The summed E-state index contributed by atoms with van der Waals surface area (Å²) in [5.41, 5.74) is 0. The Bertz CT molecular complexity index is 313. The zero-order valence-corrected chi connectivity index (χ0v) is 8.61. The van der Waals surface area contributed by atoms with Gasteiger partial charge in [0.25, 0.3) is 0 Å². The van der Waals surface area contributed by atoms with Crippen molar-refractivity contribution in [3.05, 3.63) is 18.4 Å². The molecule has 0 spiro atoms. The molecule has 2 heterocycles. The van der Waals surface area contributed by atoms with E-state index in [-0.39, 0.29) is 11.2 Å². The number of carbonyl (C=O) groups excluding carboxylic acids is 1. The summed E-state index contributed by atoms with van der Waals surface area (Å²) >= 11 is 4.28. The molecule has 76 valence electrons. The Labute approximate surface area is 87.7 Å². The molecule has 0 saturated carbocycles. The zero-order valence-electron chi connectivity index (χ0n) is 7.72. The highest BCUT2D eigenvalue weighted by Gasteiger charge is 2.26. The summed E-state index contributed by atoms with van der Waals surface area (Å²) in [5.74, 6) is 1.00. The van der Waals surface area contributed by atoms with Gasteiger partial charge in [0.1, 0.15) is 5.76 Å². The van der Waals surface area contributed by atoms with Crippen molar-refractivity contribution in [3.8, 4) is 0 Å². The molecule has 0 aromatic carbocycles. The SMILES string of the molecule is O=C1CC(S)CN1CCc1cnco1. The number of rotatable bonds is 3. The molecule has 0 aliphatic carbocycles. The summed E-state index contributed by atoms with van der Waals surface area (Å²) in [6.45, 7) is 1.45. The molecule has 1 aromatic heterocycles. The normalized spacial score (nSPS) is 21.9. The summed E-state index contributed by atoms with van der Waals surface area (Å²) in [6.07, 6.45) is 4.37. The molecule has 2 rings (SSSR count). The monoisotopic (exact) mass is 212 g/mol. The van der Waals surface area contributed by atoms with Gasteiger partial charge in [-0.25, -0.2) is 4.98 Å². The molecule has 1 aliphatic rings. The van der Waals surface area contributed by atoms with Crippen molar-refractivity contribution in [1.29, 1.82) is 0 Å². The minimum atomic E-state index is 0.185. The van der Waals surface area contributed by atoms with E-state index in [9.17, 15) is 4.79 Å². The lowest BCUT2D eigenvalue weighted by Crippen LogP contribution is -2.27. The number of amides is 1. The van der Waals surface area contributed by atoms with E-state index in [0.29, 0.717) is 13.0 Å². The van der Waals surface area contributed by atoms with E-state index in [1.807, 2.05) is 4.90 Å². The smallest absolute Gasteiger partial charge is 0.223 e. The van der Waals surface area contributed by atoms with Crippen LogP contribution in [-0.4, -0.2) is 34.1 Å². The number of nitrogens with zero attached hydrogens (tertiary/aromatic N) is 2. The molecule has 0 N–H and O–H groups in total. The van der Waals surface area contributed by atoms with Crippen LogP contribution in [0.4, 0.5) is 0 Å². The van der Waals surface area contributed by atoms with E-state index >= 15 is 0 Å². The van der Waals surface area contributed by atoms with Crippen molar-refractivity contribution in [1.82, 2.24) is 9.88 Å². The average Bonchev–Trinajstić information content (AvgIpc) is 2.72. The predicted molar refractivity (Wildman–Crippen MR) is 54.2 cm³/mol. The highest BCUT2D eigenvalue weighted by atomic mass is 32.1. The van der Waals surface area contributed by atoms with Crippen molar-refractivity contribution >= 4 is 18.5 Å². The largest absolute Gasteiger partial charge is 0.448 e. The van der Waals surface area contributed by atoms with E-state index in [4.69, 9.17) is 4.42 Å². The van der Waals surface area contributed by atoms with Gasteiger partial charge < -0.3 is 9.32 Å². The molecule has 14 heavy (non-hydrogen) atoms. The molecule has 1 atom stereocenters. The predicted octanol–water partition coefficient (Wildman–Crippen LogP) is 0.748. The van der Waals surface area contributed by atoms with Crippen LogP contribution in [0, 0.1) is 0 Å². The van der Waals surface area contributed by atoms with Gasteiger partial charge in [0, 0.05) is 31.2 Å². The number of aromatic nitrogens is 1. The van der Waals surface area contributed by atoms with Crippen LogP contribution < -0.4 is 0 Å². The summed E-state index contributed by atoms with van der Waals surface area (Å²) in [6, 6.07) is 0. The van der Waals surface area contributed by atoms with Gasteiger partial charge in [-0.05, 0) is 0 Å². The van der Waals surface area contributed by atoms with Crippen LogP contribution in [0.2, 0.25) is 0 Å². The molecule has 0 bridgehead atoms. The first-order valence-electron chi connectivity index (χ1n) is 4.59. The van der Waals surface area contributed by atoms with Gasteiger partial charge in [0.05, 0.1) is 6.20 Å². The van der Waals surface area contributed by atoms with Crippen LogP contribution in [0.25, 0.3) is 0 Å². The van der Waals surface area contributed by atoms with Crippen LogP contribution in [-0.2, 0) is 11.2 Å². The zero-order chi connectivity index (χ0) is 9.97. The number of carbonyl (C=O) groups is 1. The Morgan fingerprint density at radius 3 is 3.14 bits per heavy atom. The van der Waals surface area contributed by atoms with Gasteiger partial charge in [-0.1, -0.05) is 0 Å². The Hall–Kier alpha value is -0.970. The van der Waals surface area contributed by atoms with Crippen molar-refractivity contribution in [2.45, 2.75) is 18.1 Å². The molecular weight excluding hydrogens is 200 g/mol. The molecule has 5 heteroatoms. The number of likely N-dealkylation sites (tertiary alicyclic amines) is 1. The standard InChI is InChI=1S/C9H12N2O2S/c12-9-3-8(14)5-11(9)2-1-7-4-10-6-13-7/h4,6,8,14H,1-3,5H2. The van der Waals surface area contributed by atoms with Gasteiger partial charge in [0.15, 0.2) is 6.39 Å². The van der Waals surface area contributed by atoms with Gasteiger partial charge in [-0.3, -0.25) is 4.79 Å². The molecule has 1 saturated heterocycles. The third-order valence-electron chi connectivity index (χ3n) is 2.31. The van der Waals surface area contributed by atoms with E-state index in [2.05, 4.69) is 17.6 Å². The number of hydrogen-bond acceptors (Lipinski definition) is 4. The maximum absolute atomic E-state index is 11.4. The fraction of sp³-hybridized carbons (Fsp3) is 0.556. The van der Waals surface area contributed by atoms with Crippen LogP contribution in [0.3, 0.4) is 0 Å². The number of oxazole rings is 1. The first-order valence-corrected chi connectivity index (χ1v) is 5.10. The minimum absolute atomic E-state index is 0.185. The Kier molecular flexibility index (Phi) is 2.77. The average molecular weight is 212 g/mol. The van der Waals surface area contributed by atoms with Crippen molar-refractivity contribution < 1.29 is 9.21 Å². The summed E-state index contributed by atoms with van der Waals surface area (Å²) in [5, 5.41) is 0.192. The van der Waals surface area contributed by atoms with Crippen LogP contribution in [0.5, 0.6) is 0 Å². The second-order valence-corrected chi connectivity index (χ2v) is 4.15. The fourth-order valence-corrected chi connectivity index (χ4v) is 1.93. The highest BCUT2D eigenvalue weighted by molar-refractivity contribution is 7.81. The fourth-order valence-electron chi connectivity index (χ4n) is 1.58. The third-order valence-corrected chi connectivity index (χ3v) is 2.65. The molecule has 1 fully saturated rings. The third kappa shape index (κ3) is 2.09. The van der Waals surface area contributed by atoms with Crippen molar-refractivity contribution in [3.63, 3.8) is 0 Å². The van der Waals surface area contributed by atoms with E-state index in [1.54, 1.807) is 6.20 Å². The van der Waals surface area contributed by atoms with Gasteiger partial charge >= 0.3 is 0 Å². The highest BCUT2D eigenvalue weighted by Crippen LogP contribution is 2.16. The van der Waals surface area contributed by atoms with Crippen molar-refractivity contribution in [2.75, 3.05) is 13.1 Å². The maximum Gasteiger partial charge on any atom is 0.223 e. The molecule has 1 aromatic rings. The maximum atomic E-state index is 11.4. The Balaban J connectivity index is 1.84. The molecule has 4 nitrogen and oxygen atoms in total. The molecule has 1 unspecified atom stereocenters. The summed E-state index contributed by atoms with van der Waals surface area (Å²) < 4.78 is 5.09. The topological polar surface area (TPSA) is 46.3 Å². The number of thiol groups is 1. The Morgan fingerprint density at radius 1 is 1.71 bits per heavy atom. The summed E-state index contributed by atoms with van der Waals surface area (Å²) in [7, 11) is 0. The van der Waals surface area contributed by atoms with E-state index in [0.717, 1.165) is 18.7 Å². The lowest BCUT2D eigenvalue weighted by molar-refractivity contribution is -0.127. The second-order valence-electron chi connectivity index (χ2n) is 3.42. The van der Waals surface area contributed by atoms with Crippen LogP contribution in [0.1, 0.15) is 12.2 Å². The quantitative estimate of drug-likeness (QED) is 0.752. The van der Waals surface area contributed by atoms with Gasteiger partial charge in [-0.15, -0.1) is 0 Å². The summed E-state index contributed by atoms with van der Waals surface area (Å²) in [4.78, 5) is 17.0. The molecule has 0 radical (unpaired) electrons. The lowest BCUT2D eigenvalue weighted by atomic mass is 10.3. The molecule has 1 aliphatic heterocycles. The van der Waals surface area contributed by atoms with E-state index in [1.165, 1.54) is 6.39 Å². The lowest BCUT2D eigenvalue weighted by Gasteiger charge is -2.14. The van der Waals surface area contributed by atoms with E-state index < -0.39 is 0 Å². The first-order chi connectivity index (χ1) is 6.75. The Morgan fingerprint density at radius 2 is 2.57 bits per heavy atom. The van der Waals surface area contributed by atoms with Gasteiger partial charge in [0.2, 0.25) is 5.91 Å². The van der Waals surface area contributed by atoms with Crippen LogP contribution >= 0.6 is 12.6 Å².